The van der Waals surface area contributed by atoms with Gasteiger partial charge in [0.1, 0.15) is 0 Å². The number of thioether (sulfide) groups is 1. The number of phenolic OH excluding ortho intramolecular Hbond substituents is 1. The molecule has 5 nitrogen and oxygen atoms in total. The molecule has 1 heterocycles. The molecule has 2 aromatic rings. The second-order valence-electron chi connectivity index (χ2n) is 7.93. The van der Waals surface area contributed by atoms with E-state index in [0.717, 1.165) is 24.9 Å². The predicted octanol–water partition coefficient (Wildman–Crippen LogP) is 5.29. The number of para-hydroxylation sites is 2. The summed E-state index contributed by atoms with van der Waals surface area (Å²) in [7, 11) is 1.52. The van der Waals surface area contributed by atoms with Crippen LogP contribution in [0.3, 0.4) is 0 Å². The van der Waals surface area contributed by atoms with Gasteiger partial charge in [-0.05, 0) is 43.0 Å². The largest absolute Gasteiger partial charge is 0.504 e. The van der Waals surface area contributed by atoms with Crippen LogP contribution in [-0.4, -0.2) is 34.6 Å². The number of carbonyl (C=O) groups is 1. The van der Waals surface area contributed by atoms with Gasteiger partial charge in [-0.2, -0.15) is 0 Å². The maximum atomic E-state index is 13.5. The van der Waals surface area contributed by atoms with Crippen LogP contribution in [0.5, 0.6) is 11.5 Å². The van der Waals surface area contributed by atoms with Crippen LogP contribution in [0.1, 0.15) is 38.2 Å². The van der Waals surface area contributed by atoms with Crippen LogP contribution in [0.4, 0.5) is 5.69 Å². The molecule has 2 aliphatic rings. The highest BCUT2D eigenvalue weighted by molar-refractivity contribution is 8.05. The maximum absolute atomic E-state index is 13.5. The van der Waals surface area contributed by atoms with Crippen LogP contribution in [0, 0.1) is 5.92 Å². The highest BCUT2D eigenvalue weighted by Gasteiger charge is 2.43. The highest BCUT2D eigenvalue weighted by atomic mass is 32.2. The summed E-state index contributed by atoms with van der Waals surface area (Å²) in [6.45, 7) is 2.25. The van der Waals surface area contributed by atoms with Gasteiger partial charge in [-0.1, -0.05) is 61.9 Å². The summed E-state index contributed by atoms with van der Waals surface area (Å²) in [5, 5.41) is 14.0. The summed E-state index contributed by atoms with van der Waals surface area (Å²) >= 11 is 1.51. The molecule has 158 valence electrons. The summed E-state index contributed by atoms with van der Waals surface area (Å²) in [6.07, 6.45) is 6.32. The first-order chi connectivity index (χ1) is 14.6. The Kier molecular flexibility index (Phi) is 6.23. The number of carbonyl (C=O) groups excluding carboxylic acids is 1. The zero-order valence-corrected chi connectivity index (χ0v) is 18.2. The molecule has 1 amide bonds. The van der Waals surface area contributed by atoms with Gasteiger partial charge in [0.05, 0.1) is 12.0 Å². The van der Waals surface area contributed by atoms with E-state index >= 15 is 0 Å². The number of hydrogen-bond acceptors (Lipinski definition) is 5. The van der Waals surface area contributed by atoms with Crippen molar-refractivity contribution in [2.75, 3.05) is 12.4 Å². The smallest absolute Gasteiger partial charge is 0.262 e. The number of benzene rings is 2. The minimum atomic E-state index is -0.176. The number of aromatic hydroxyl groups is 1. The van der Waals surface area contributed by atoms with Crippen molar-refractivity contribution in [3.8, 4) is 11.5 Å². The van der Waals surface area contributed by atoms with Gasteiger partial charge >= 0.3 is 0 Å². The predicted molar refractivity (Wildman–Crippen MR) is 122 cm³/mol. The SMILES string of the molecule is COc1cccc(/C=C2\SC(Nc3ccccc3)N([C@@H]3CCCC[C@@H]3C)C2=O)c1O. The Bertz CT molecular complexity index is 931. The second-order valence-corrected chi connectivity index (χ2v) is 9.05. The molecule has 6 heteroatoms. The first-order valence-corrected chi connectivity index (χ1v) is 11.3. The molecule has 1 saturated carbocycles. The molecule has 2 N–H and O–H groups in total. The Labute approximate surface area is 182 Å². The second kappa shape index (κ2) is 9.04. The summed E-state index contributed by atoms with van der Waals surface area (Å²) in [4.78, 5) is 16.2. The fourth-order valence-electron chi connectivity index (χ4n) is 4.33. The molecule has 2 fully saturated rings. The van der Waals surface area contributed by atoms with Crippen molar-refractivity contribution in [3.05, 3.63) is 59.0 Å². The van der Waals surface area contributed by atoms with Crippen LogP contribution >= 0.6 is 11.8 Å². The average molecular weight is 425 g/mol. The molecule has 1 aliphatic carbocycles. The number of nitrogens with zero attached hydrogens (tertiary/aromatic N) is 1. The fraction of sp³-hybridized carbons (Fsp3) is 0.375. The van der Waals surface area contributed by atoms with E-state index in [1.54, 1.807) is 18.2 Å². The van der Waals surface area contributed by atoms with Crippen molar-refractivity contribution in [2.24, 2.45) is 5.92 Å². The van der Waals surface area contributed by atoms with Crippen molar-refractivity contribution in [1.82, 2.24) is 4.90 Å². The number of hydrogen-bond donors (Lipinski definition) is 2. The molecular weight excluding hydrogens is 396 g/mol. The van der Waals surface area contributed by atoms with E-state index in [-0.39, 0.29) is 23.2 Å². The van der Waals surface area contributed by atoms with Gasteiger partial charge in [0, 0.05) is 17.3 Å². The van der Waals surface area contributed by atoms with Crippen LogP contribution in [0.15, 0.2) is 53.4 Å². The lowest BCUT2D eigenvalue weighted by atomic mass is 9.85. The topological polar surface area (TPSA) is 61.8 Å². The van der Waals surface area contributed by atoms with Gasteiger partial charge < -0.3 is 20.1 Å². The Morgan fingerprint density at radius 2 is 1.90 bits per heavy atom. The summed E-state index contributed by atoms with van der Waals surface area (Å²) in [6, 6.07) is 15.5. The van der Waals surface area contributed by atoms with Crippen LogP contribution in [0.2, 0.25) is 0 Å². The molecule has 1 unspecified atom stereocenters. The minimum absolute atomic E-state index is 0.0226. The Hall–Kier alpha value is -2.60. The number of anilines is 1. The number of methoxy groups -OCH3 is 1. The Morgan fingerprint density at radius 3 is 2.63 bits per heavy atom. The van der Waals surface area contributed by atoms with Crippen LogP contribution < -0.4 is 10.1 Å². The van der Waals surface area contributed by atoms with Gasteiger partial charge in [-0.15, -0.1) is 0 Å². The van der Waals surface area contributed by atoms with Crippen molar-refractivity contribution >= 4 is 29.4 Å². The lowest BCUT2D eigenvalue weighted by Crippen LogP contribution is -2.48. The molecule has 2 aromatic carbocycles. The van der Waals surface area contributed by atoms with Crippen LogP contribution in [-0.2, 0) is 4.79 Å². The van der Waals surface area contributed by atoms with E-state index in [9.17, 15) is 9.90 Å². The third kappa shape index (κ3) is 4.15. The monoisotopic (exact) mass is 424 g/mol. The number of rotatable bonds is 5. The van der Waals surface area contributed by atoms with E-state index in [1.165, 1.54) is 25.3 Å². The van der Waals surface area contributed by atoms with Crippen molar-refractivity contribution in [3.63, 3.8) is 0 Å². The normalized spacial score (nSPS) is 25.5. The average Bonchev–Trinajstić information content (AvgIpc) is 3.05. The molecule has 0 aromatic heterocycles. The van der Waals surface area contributed by atoms with Gasteiger partial charge in [0.2, 0.25) is 0 Å². The Morgan fingerprint density at radius 1 is 1.13 bits per heavy atom. The highest BCUT2D eigenvalue weighted by Crippen LogP contribution is 2.43. The zero-order valence-electron chi connectivity index (χ0n) is 17.4. The summed E-state index contributed by atoms with van der Waals surface area (Å²) < 4.78 is 5.21. The molecule has 3 atom stereocenters. The number of amides is 1. The van der Waals surface area contributed by atoms with E-state index in [2.05, 4.69) is 12.2 Å². The molecule has 1 aliphatic heterocycles. The molecule has 1 saturated heterocycles. The summed E-state index contributed by atoms with van der Waals surface area (Å²) in [5.41, 5.74) is 1.40. The molecule has 30 heavy (non-hydrogen) atoms. The van der Waals surface area contributed by atoms with Gasteiger partial charge in [-0.3, -0.25) is 4.79 Å². The van der Waals surface area contributed by atoms with E-state index in [1.807, 2.05) is 41.3 Å². The molecule has 0 bridgehead atoms. The molecule has 0 radical (unpaired) electrons. The van der Waals surface area contributed by atoms with Gasteiger partial charge in [-0.25, -0.2) is 0 Å². The zero-order chi connectivity index (χ0) is 21.1. The molecule has 4 rings (SSSR count). The molecular formula is C24H28N2O3S. The first-order valence-electron chi connectivity index (χ1n) is 10.5. The standard InChI is InChI=1S/C24H28N2O3S/c1-16-9-6-7-13-19(16)26-23(28)21(15-17-10-8-14-20(29-2)22(17)27)30-24(26)25-18-11-4-3-5-12-18/h3-5,8,10-12,14-16,19,24-25,27H,6-7,9,13H2,1-2H3/b21-15-/t16-,19+,24?/m0/s1. The van der Waals surface area contributed by atoms with E-state index in [0.29, 0.717) is 22.1 Å². The Balaban J connectivity index is 1.67. The first kappa shape index (κ1) is 20.7. The number of nitrogens with one attached hydrogen (secondary N) is 1. The lowest BCUT2D eigenvalue weighted by molar-refractivity contribution is -0.129. The third-order valence-corrected chi connectivity index (χ3v) is 7.08. The quantitative estimate of drug-likeness (QED) is 0.639. The maximum Gasteiger partial charge on any atom is 0.262 e. The van der Waals surface area contributed by atoms with Crippen molar-refractivity contribution < 1.29 is 14.6 Å². The van der Waals surface area contributed by atoms with Crippen LogP contribution in [0.25, 0.3) is 6.08 Å². The van der Waals surface area contributed by atoms with Crippen molar-refractivity contribution in [2.45, 2.75) is 44.1 Å². The third-order valence-electron chi connectivity index (χ3n) is 5.96. The van der Waals surface area contributed by atoms with Gasteiger partial charge in [0.15, 0.2) is 17.0 Å². The molecule has 0 spiro atoms. The van der Waals surface area contributed by atoms with E-state index in [4.69, 9.17) is 4.74 Å². The number of ether oxygens (including phenoxy) is 1. The van der Waals surface area contributed by atoms with Crippen molar-refractivity contribution in [1.29, 1.82) is 0 Å². The lowest BCUT2D eigenvalue weighted by Gasteiger charge is -2.39. The summed E-state index contributed by atoms with van der Waals surface area (Å²) in [5.74, 6) is 0.941. The van der Waals surface area contributed by atoms with E-state index < -0.39 is 0 Å². The van der Waals surface area contributed by atoms with Gasteiger partial charge in [0.25, 0.3) is 5.91 Å². The fourth-order valence-corrected chi connectivity index (χ4v) is 5.53. The minimum Gasteiger partial charge on any atom is -0.504 e. The number of phenols is 1.